The Balaban J connectivity index is 1.45. The molecule has 1 unspecified atom stereocenters. The lowest BCUT2D eigenvalue weighted by atomic mass is 10.1. The van der Waals surface area contributed by atoms with Crippen LogP contribution < -0.4 is 10.1 Å². The maximum absolute atomic E-state index is 12.1. The number of rotatable bonds is 7. The highest BCUT2D eigenvalue weighted by Crippen LogP contribution is 2.15. The molecule has 25 heavy (non-hydrogen) atoms. The number of aromatic amines is 1. The number of aliphatic hydroxyl groups is 1. The molecule has 0 radical (unpaired) electrons. The minimum atomic E-state index is -0.775. The molecule has 0 saturated carbocycles. The van der Waals surface area contributed by atoms with Crippen LogP contribution in [0, 0.1) is 6.92 Å². The van der Waals surface area contributed by atoms with Gasteiger partial charge in [-0.15, -0.1) is 0 Å². The molecule has 0 aliphatic heterocycles. The van der Waals surface area contributed by atoms with E-state index in [0.717, 1.165) is 22.2 Å². The molecule has 0 aliphatic rings. The summed E-state index contributed by atoms with van der Waals surface area (Å²) in [6.07, 6.45) is -0.589. The van der Waals surface area contributed by atoms with Gasteiger partial charge in [0.2, 0.25) is 5.91 Å². The Hall–Kier alpha value is -2.86. The van der Waals surface area contributed by atoms with Crippen molar-refractivity contribution < 1.29 is 14.6 Å². The third kappa shape index (κ3) is 4.58. The highest BCUT2D eigenvalue weighted by molar-refractivity contribution is 5.87. The van der Waals surface area contributed by atoms with Crippen LogP contribution >= 0.6 is 0 Å². The second kappa shape index (κ2) is 7.81. The Morgan fingerprint density at radius 3 is 2.96 bits per heavy atom. The van der Waals surface area contributed by atoms with E-state index in [1.165, 1.54) is 0 Å². The minimum absolute atomic E-state index is 0.122. The number of amides is 1. The quantitative estimate of drug-likeness (QED) is 0.614. The second-order valence-electron chi connectivity index (χ2n) is 5.98. The zero-order valence-corrected chi connectivity index (χ0v) is 14.0. The van der Waals surface area contributed by atoms with Gasteiger partial charge in [0.1, 0.15) is 18.5 Å². The zero-order chi connectivity index (χ0) is 17.6. The topological polar surface area (TPSA) is 87.2 Å². The summed E-state index contributed by atoms with van der Waals surface area (Å²) < 4.78 is 5.53. The first kappa shape index (κ1) is 17.0. The predicted molar refractivity (Wildman–Crippen MR) is 95.5 cm³/mol. The standard InChI is InChI=1S/C19H21N3O3/c1-13-5-4-6-15(9-13)25-12-14(23)11-20-19(24)10-18-16-7-2-3-8-17(16)21-22-18/h2-9,14,23H,10-12H2,1H3,(H,20,24)(H,21,22). The molecule has 3 rings (SSSR count). The van der Waals surface area contributed by atoms with Gasteiger partial charge in [-0.25, -0.2) is 0 Å². The summed E-state index contributed by atoms with van der Waals surface area (Å²) in [6, 6.07) is 15.2. The Morgan fingerprint density at radius 2 is 2.12 bits per heavy atom. The molecule has 0 bridgehead atoms. The first-order valence-electron chi connectivity index (χ1n) is 8.18. The first-order valence-corrected chi connectivity index (χ1v) is 8.18. The van der Waals surface area contributed by atoms with Crippen molar-refractivity contribution in [2.75, 3.05) is 13.2 Å². The number of fused-ring (bicyclic) bond motifs is 1. The van der Waals surface area contributed by atoms with E-state index in [0.29, 0.717) is 5.75 Å². The number of carbonyl (C=O) groups excluding carboxylic acids is 1. The van der Waals surface area contributed by atoms with Gasteiger partial charge in [-0.2, -0.15) is 5.10 Å². The molecule has 1 amide bonds. The Kier molecular flexibility index (Phi) is 5.30. The van der Waals surface area contributed by atoms with Gasteiger partial charge in [-0.05, 0) is 30.7 Å². The predicted octanol–water partition coefficient (Wildman–Crippen LogP) is 1.97. The van der Waals surface area contributed by atoms with E-state index in [1.807, 2.05) is 55.5 Å². The van der Waals surface area contributed by atoms with Gasteiger partial charge in [0.05, 0.1) is 17.6 Å². The Morgan fingerprint density at radius 1 is 1.28 bits per heavy atom. The van der Waals surface area contributed by atoms with E-state index in [-0.39, 0.29) is 25.5 Å². The smallest absolute Gasteiger partial charge is 0.226 e. The third-order valence-corrected chi connectivity index (χ3v) is 3.84. The maximum Gasteiger partial charge on any atom is 0.226 e. The summed E-state index contributed by atoms with van der Waals surface area (Å²) in [6.45, 7) is 2.23. The van der Waals surface area contributed by atoms with Gasteiger partial charge in [0, 0.05) is 11.9 Å². The van der Waals surface area contributed by atoms with Crippen LogP contribution in [0.2, 0.25) is 0 Å². The summed E-state index contributed by atoms with van der Waals surface area (Å²) in [4.78, 5) is 12.1. The van der Waals surface area contributed by atoms with Gasteiger partial charge in [-0.3, -0.25) is 9.89 Å². The number of aromatic nitrogens is 2. The lowest BCUT2D eigenvalue weighted by Crippen LogP contribution is -2.36. The van der Waals surface area contributed by atoms with Gasteiger partial charge >= 0.3 is 0 Å². The number of hydrogen-bond donors (Lipinski definition) is 3. The fourth-order valence-electron chi connectivity index (χ4n) is 2.56. The van der Waals surface area contributed by atoms with Gasteiger partial charge in [-0.1, -0.05) is 30.3 Å². The number of aryl methyl sites for hydroxylation is 1. The highest BCUT2D eigenvalue weighted by atomic mass is 16.5. The largest absolute Gasteiger partial charge is 0.491 e. The number of aliphatic hydroxyl groups excluding tert-OH is 1. The van der Waals surface area contributed by atoms with Crippen molar-refractivity contribution in [1.82, 2.24) is 15.5 Å². The average Bonchev–Trinajstić information content (AvgIpc) is 3.01. The number of hydrogen-bond acceptors (Lipinski definition) is 4. The van der Waals surface area contributed by atoms with Crippen LogP contribution in [-0.2, 0) is 11.2 Å². The molecule has 6 heteroatoms. The fourth-order valence-corrected chi connectivity index (χ4v) is 2.56. The van der Waals surface area contributed by atoms with E-state index in [4.69, 9.17) is 4.74 Å². The molecule has 2 aromatic carbocycles. The fraction of sp³-hybridized carbons (Fsp3) is 0.263. The molecule has 3 N–H and O–H groups in total. The van der Waals surface area contributed by atoms with Crippen molar-refractivity contribution in [1.29, 1.82) is 0 Å². The number of para-hydroxylation sites is 1. The number of benzene rings is 2. The summed E-state index contributed by atoms with van der Waals surface area (Å²) >= 11 is 0. The van der Waals surface area contributed by atoms with Crippen LogP contribution in [0.15, 0.2) is 48.5 Å². The Bertz CT molecular complexity index is 860. The number of carbonyl (C=O) groups is 1. The molecule has 0 aliphatic carbocycles. The minimum Gasteiger partial charge on any atom is -0.491 e. The van der Waals surface area contributed by atoms with E-state index >= 15 is 0 Å². The number of H-pyrrole nitrogens is 1. The number of nitrogens with one attached hydrogen (secondary N) is 2. The van der Waals surface area contributed by atoms with Crippen LogP contribution in [0.3, 0.4) is 0 Å². The number of nitrogens with zero attached hydrogens (tertiary/aromatic N) is 1. The SMILES string of the molecule is Cc1cccc(OCC(O)CNC(=O)Cc2[nH]nc3ccccc23)c1. The maximum atomic E-state index is 12.1. The van der Waals surface area contributed by atoms with Gasteiger partial charge < -0.3 is 15.2 Å². The number of ether oxygens (including phenoxy) is 1. The molecular formula is C19H21N3O3. The molecule has 1 atom stereocenters. The molecular weight excluding hydrogens is 318 g/mol. The average molecular weight is 339 g/mol. The Labute approximate surface area is 145 Å². The highest BCUT2D eigenvalue weighted by Gasteiger charge is 2.12. The van der Waals surface area contributed by atoms with E-state index in [2.05, 4.69) is 15.5 Å². The molecule has 0 fully saturated rings. The molecule has 6 nitrogen and oxygen atoms in total. The molecule has 1 heterocycles. The van der Waals surface area contributed by atoms with E-state index < -0.39 is 6.10 Å². The first-order chi connectivity index (χ1) is 12.1. The monoisotopic (exact) mass is 339 g/mol. The summed E-state index contributed by atoms with van der Waals surface area (Å²) in [5.41, 5.74) is 2.68. The normalized spacial score (nSPS) is 12.1. The van der Waals surface area contributed by atoms with E-state index in [1.54, 1.807) is 0 Å². The second-order valence-corrected chi connectivity index (χ2v) is 5.98. The summed E-state index contributed by atoms with van der Waals surface area (Å²) in [5, 5.41) is 20.7. The third-order valence-electron chi connectivity index (χ3n) is 3.84. The van der Waals surface area contributed by atoms with Crippen molar-refractivity contribution in [3.63, 3.8) is 0 Å². The molecule has 3 aromatic rings. The van der Waals surface area contributed by atoms with Crippen molar-refractivity contribution in [3.8, 4) is 5.75 Å². The van der Waals surface area contributed by atoms with Crippen LogP contribution in [0.5, 0.6) is 5.75 Å². The van der Waals surface area contributed by atoms with E-state index in [9.17, 15) is 9.90 Å². The molecule has 0 saturated heterocycles. The van der Waals surface area contributed by atoms with Gasteiger partial charge in [0.15, 0.2) is 0 Å². The lowest BCUT2D eigenvalue weighted by Gasteiger charge is -2.13. The zero-order valence-electron chi connectivity index (χ0n) is 14.0. The molecule has 1 aromatic heterocycles. The summed E-state index contributed by atoms with van der Waals surface area (Å²) in [7, 11) is 0. The molecule has 0 spiro atoms. The van der Waals surface area contributed by atoms with Crippen LogP contribution in [0.25, 0.3) is 10.9 Å². The van der Waals surface area contributed by atoms with Crippen LogP contribution in [0.4, 0.5) is 0 Å². The lowest BCUT2D eigenvalue weighted by molar-refractivity contribution is -0.121. The van der Waals surface area contributed by atoms with Crippen molar-refractivity contribution in [2.45, 2.75) is 19.4 Å². The van der Waals surface area contributed by atoms with Crippen molar-refractivity contribution in [3.05, 3.63) is 59.8 Å². The van der Waals surface area contributed by atoms with Gasteiger partial charge in [0.25, 0.3) is 0 Å². The van der Waals surface area contributed by atoms with Crippen LogP contribution in [0.1, 0.15) is 11.3 Å². The summed E-state index contributed by atoms with van der Waals surface area (Å²) in [5.74, 6) is 0.526. The van der Waals surface area contributed by atoms with Crippen molar-refractivity contribution in [2.24, 2.45) is 0 Å². The molecule has 130 valence electrons. The van der Waals surface area contributed by atoms with Crippen LogP contribution in [-0.4, -0.2) is 40.5 Å². The van der Waals surface area contributed by atoms with Crippen molar-refractivity contribution >= 4 is 16.8 Å².